The van der Waals surface area contributed by atoms with Gasteiger partial charge in [0.05, 0.1) is 13.0 Å². The van der Waals surface area contributed by atoms with E-state index in [0.717, 1.165) is 11.3 Å². The zero-order valence-electron chi connectivity index (χ0n) is 12.1. The Morgan fingerprint density at radius 1 is 1.25 bits per heavy atom. The maximum Gasteiger partial charge on any atom is 0.223 e. The second kappa shape index (κ2) is 8.19. The average Bonchev–Trinajstić information content (AvgIpc) is 2.39. The number of amides is 2. The van der Waals surface area contributed by atoms with E-state index in [0.29, 0.717) is 32.4 Å². The summed E-state index contributed by atoms with van der Waals surface area (Å²) in [6.45, 7) is 4.82. The van der Waals surface area contributed by atoms with Gasteiger partial charge in [0.25, 0.3) is 0 Å². The number of ether oxygens (including phenoxy) is 1. The first-order valence-electron chi connectivity index (χ1n) is 6.74. The smallest absolute Gasteiger partial charge is 0.223 e. The molecule has 20 heavy (non-hydrogen) atoms. The van der Waals surface area contributed by atoms with E-state index in [9.17, 15) is 9.59 Å². The molecular weight excluding hydrogens is 256 g/mol. The summed E-state index contributed by atoms with van der Waals surface area (Å²) >= 11 is 0. The van der Waals surface area contributed by atoms with E-state index in [2.05, 4.69) is 5.32 Å². The first kappa shape index (κ1) is 16.0. The molecule has 0 radical (unpaired) electrons. The van der Waals surface area contributed by atoms with Crippen molar-refractivity contribution in [2.45, 2.75) is 33.1 Å². The summed E-state index contributed by atoms with van der Waals surface area (Å²) in [6.07, 6.45) is 1.15. The summed E-state index contributed by atoms with van der Waals surface area (Å²) in [5.74, 6) is 0.379. The highest BCUT2D eigenvalue weighted by molar-refractivity contribution is 5.76. The first-order chi connectivity index (χ1) is 9.50. The molecular formula is C15H22N2O3. The quantitative estimate of drug-likeness (QED) is 0.706. The van der Waals surface area contributed by atoms with Crippen LogP contribution in [0, 0.1) is 13.8 Å². The molecule has 0 bridgehead atoms. The molecule has 0 spiro atoms. The van der Waals surface area contributed by atoms with Gasteiger partial charge in [-0.2, -0.15) is 0 Å². The Morgan fingerprint density at radius 3 is 2.70 bits per heavy atom. The van der Waals surface area contributed by atoms with E-state index in [4.69, 9.17) is 10.5 Å². The van der Waals surface area contributed by atoms with E-state index in [1.807, 2.05) is 32.0 Å². The maximum atomic E-state index is 11.5. The molecule has 0 fully saturated rings. The van der Waals surface area contributed by atoms with Crippen molar-refractivity contribution in [3.8, 4) is 5.75 Å². The third-order valence-electron chi connectivity index (χ3n) is 3.06. The van der Waals surface area contributed by atoms with Crippen LogP contribution in [0.5, 0.6) is 5.75 Å². The van der Waals surface area contributed by atoms with Crippen molar-refractivity contribution in [2.24, 2.45) is 5.73 Å². The molecule has 0 aromatic heterocycles. The Balaban J connectivity index is 2.22. The standard InChI is InChI=1S/C15H22N2O3/c1-11-5-3-6-13(12(11)2)20-10-8-15(19)17-9-4-7-14(16)18/h3,5-6H,4,7-10H2,1-2H3,(H2,16,18)(H,17,19). The fraction of sp³-hybridized carbons (Fsp3) is 0.467. The van der Waals surface area contributed by atoms with Gasteiger partial charge in [-0.15, -0.1) is 0 Å². The predicted octanol–water partition coefficient (Wildman–Crippen LogP) is 1.45. The summed E-state index contributed by atoms with van der Waals surface area (Å²) in [5.41, 5.74) is 7.27. The van der Waals surface area contributed by atoms with Crippen LogP contribution >= 0.6 is 0 Å². The molecule has 0 heterocycles. The molecule has 0 atom stereocenters. The van der Waals surface area contributed by atoms with Gasteiger partial charge < -0.3 is 15.8 Å². The molecule has 2 amide bonds. The van der Waals surface area contributed by atoms with Gasteiger partial charge in [-0.3, -0.25) is 9.59 Å². The fourth-order valence-electron chi connectivity index (χ4n) is 1.71. The molecule has 1 aromatic carbocycles. The Hall–Kier alpha value is -2.04. The SMILES string of the molecule is Cc1cccc(OCCC(=O)NCCCC(N)=O)c1C. The number of carbonyl (C=O) groups excluding carboxylic acids is 2. The molecule has 0 aliphatic carbocycles. The van der Waals surface area contributed by atoms with Crippen LogP contribution in [0.15, 0.2) is 18.2 Å². The summed E-state index contributed by atoms with van der Waals surface area (Å²) < 4.78 is 5.60. The van der Waals surface area contributed by atoms with Crippen molar-refractivity contribution in [2.75, 3.05) is 13.2 Å². The minimum absolute atomic E-state index is 0.0835. The van der Waals surface area contributed by atoms with Crippen molar-refractivity contribution in [3.05, 3.63) is 29.3 Å². The first-order valence-corrected chi connectivity index (χ1v) is 6.74. The highest BCUT2D eigenvalue weighted by atomic mass is 16.5. The van der Waals surface area contributed by atoms with Crippen LogP contribution in [0.1, 0.15) is 30.4 Å². The van der Waals surface area contributed by atoms with Gasteiger partial charge >= 0.3 is 0 Å². The second-order valence-corrected chi connectivity index (χ2v) is 4.72. The number of primary amides is 1. The molecule has 1 rings (SSSR count). The molecule has 0 unspecified atom stereocenters. The third kappa shape index (κ3) is 5.73. The Labute approximate surface area is 119 Å². The van der Waals surface area contributed by atoms with E-state index >= 15 is 0 Å². The van der Waals surface area contributed by atoms with Crippen LogP contribution in [-0.2, 0) is 9.59 Å². The van der Waals surface area contributed by atoms with Gasteiger partial charge in [0.2, 0.25) is 11.8 Å². The molecule has 5 nitrogen and oxygen atoms in total. The van der Waals surface area contributed by atoms with Gasteiger partial charge in [-0.1, -0.05) is 12.1 Å². The lowest BCUT2D eigenvalue weighted by atomic mass is 10.1. The topological polar surface area (TPSA) is 81.4 Å². The van der Waals surface area contributed by atoms with Crippen molar-refractivity contribution in [1.82, 2.24) is 5.32 Å². The summed E-state index contributed by atoms with van der Waals surface area (Å²) in [5, 5.41) is 2.72. The van der Waals surface area contributed by atoms with Crippen LogP contribution in [0.3, 0.4) is 0 Å². The van der Waals surface area contributed by atoms with Gasteiger partial charge in [-0.05, 0) is 37.5 Å². The van der Waals surface area contributed by atoms with Gasteiger partial charge in [-0.25, -0.2) is 0 Å². The molecule has 5 heteroatoms. The minimum Gasteiger partial charge on any atom is -0.493 e. The third-order valence-corrected chi connectivity index (χ3v) is 3.06. The predicted molar refractivity (Wildman–Crippen MR) is 77.5 cm³/mol. The van der Waals surface area contributed by atoms with E-state index in [1.54, 1.807) is 0 Å². The number of hydrogen-bond acceptors (Lipinski definition) is 3. The number of nitrogens with one attached hydrogen (secondary N) is 1. The van der Waals surface area contributed by atoms with Crippen LogP contribution < -0.4 is 15.8 Å². The lowest BCUT2D eigenvalue weighted by Crippen LogP contribution is -2.26. The van der Waals surface area contributed by atoms with E-state index < -0.39 is 0 Å². The molecule has 110 valence electrons. The maximum absolute atomic E-state index is 11.5. The zero-order chi connectivity index (χ0) is 15.0. The van der Waals surface area contributed by atoms with E-state index in [-0.39, 0.29) is 11.8 Å². The monoisotopic (exact) mass is 278 g/mol. The fourth-order valence-corrected chi connectivity index (χ4v) is 1.71. The zero-order valence-corrected chi connectivity index (χ0v) is 12.1. The average molecular weight is 278 g/mol. The molecule has 1 aromatic rings. The van der Waals surface area contributed by atoms with Gasteiger partial charge in [0.1, 0.15) is 5.75 Å². The second-order valence-electron chi connectivity index (χ2n) is 4.72. The van der Waals surface area contributed by atoms with Crippen LogP contribution in [-0.4, -0.2) is 25.0 Å². The summed E-state index contributed by atoms with van der Waals surface area (Å²) in [7, 11) is 0. The number of hydrogen-bond donors (Lipinski definition) is 2. The summed E-state index contributed by atoms with van der Waals surface area (Å²) in [6, 6.07) is 5.85. The van der Waals surface area contributed by atoms with Crippen molar-refractivity contribution in [1.29, 1.82) is 0 Å². The molecule has 0 aliphatic rings. The van der Waals surface area contributed by atoms with Gasteiger partial charge in [0, 0.05) is 13.0 Å². The lowest BCUT2D eigenvalue weighted by Gasteiger charge is -2.10. The number of carbonyl (C=O) groups is 2. The minimum atomic E-state index is -0.350. The van der Waals surface area contributed by atoms with Crippen LogP contribution in [0.2, 0.25) is 0 Å². The normalized spacial score (nSPS) is 10.1. The highest BCUT2D eigenvalue weighted by Crippen LogP contribution is 2.20. The van der Waals surface area contributed by atoms with Crippen molar-refractivity contribution in [3.63, 3.8) is 0 Å². The molecule has 0 saturated carbocycles. The highest BCUT2D eigenvalue weighted by Gasteiger charge is 2.04. The number of benzene rings is 1. The van der Waals surface area contributed by atoms with Crippen molar-refractivity contribution < 1.29 is 14.3 Å². The number of aryl methyl sites for hydroxylation is 1. The number of nitrogens with two attached hydrogens (primary N) is 1. The molecule has 3 N–H and O–H groups in total. The van der Waals surface area contributed by atoms with Crippen molar-refractivity contribution >= 4 is 11.8 Å². The Bertz CT molecular complexity index is 472. The summed E-state index contributed by atoms with van der Waals surface area (Å²) in [4.78, 5) is 22.0. The number of rotatable bonds is 8. The lowest BCUT2D eigenvalue weighted by molar-refractivity contribution is -0.122. The molecule has 0 aliphatic heterocycles. The van der Waals surface area contributed by atoms with E-state index in [1.165, 1.54) is 5.56 Å². The Kier molecular flexibility index (Phi) is 6.56. The largest absolute Gasteiger partial charge is 0.493 e. The Morgan fingerprint density at radius 2 is 2.00 bits per heavy atom. The van der Waals surface area contributed by atoms with Gasteiger partial charge in [0.15, 0.2) is 0 Å². The van der Waals surface area contributed by atoms with Crippen LogP contribution in [0.25, 0.3) is 0 Å². The van der Waals surface area contributed by atoms with Crippen LogP contribution in [0.4, 0.5) is 0 Å². The molecule has 0 saturated heterocycles.